The van der Waals surface area contributed by atoms with Crippen molar-refractivity contribution in [3.8, 4) is 44.5 Å². The molecule has 0 radical (unpaired) electrons. The summed E-state index contributed by atoms with van der Waals surface area (Å²) in [7, 11) is 0. The Morgan fingerprint density at radius 1 is 0.239 bits per heavy atom. The highest BCUT2D eigenvalue weighted by molar-refractivity contribution is 6.11. The van der Waals surface area contributed by atoms with Crippen molar-refractivity contribution in [1.29, 1.82) is 0 Å². The van der Waals surface area contributed by atoms with E-state index in [9.17, 15) is 0 Å². The van der Waals surface area contributed by atoms with Crippen molar-refractivity contribution in [2.75, 3.05) is 9.80 Å². The van der Waals surface area contributed by atoms with Crippen molar-refractivity contribution >= 4 is 77.6 Å². The van der Waals surface area contributed by atoms with Crippen LogP contribution in [0, 0.1) is 0 Å². The molecule has 13 aromatic rings. The fourth-order valence-electron chi connectivity index (χ4n) is 10.4. The van der Waals surface area contributed by atoms with E-state index in [4.69, 9.17) is 4.42 Å². The Balaban J connectivity index is 0.994. The third kappa shape index (κ3) is 7.67. The first-order valence-corrected chi connectivity index (χ1v) is 24.2. The van der Waals surface area contributed by atoms with Crippen LogP contribution >= 0.6 is 0 Å². The van der Waals surface area contributed by atoms with Crippen molar-refractivity contribution in [2.45, 2.75) is 0 Å². The van der Waals surface area contributed by atoms with Crippen LogP contribution in [0.25, 0.3) is 88.0 Å². The molecular weight excluding hydrogens is 861 g/mol. The highest BCUT2D eigenvalue weighted by atomic mass is 16.3. The predicted octanol–water partition coefficient (Wildman–Crippen LogP) is 19.5. The average molecular weight is 907 g/mol. The Kier molecular flexibility index (Phi) is 10.5. The predicted molar refractivity (Wildman–Crippen MR) is 300 cm³/mol. The molecule has 1 heterocycles. The highest BCUT2D eigenvalue weighted by Gasteiger charge is 2.25. The van der Waals surface area contributed by atoms with Gasteiger partial charge in [-0.05, 0) is 122 Å². The van der Waals surface area contributed by atoms with Crippen LogP contribution in [0.5, 0.6) is 0 Å². The largest absolute Gasteiger partial charge is 0.454 e. The van der Waals surface area contributed by atoms with Gasteiger partial charge in [0.25, 0.3) is 0 Å². The van der Waals surface area contributed by atoms with E-state index in [1.165, 1.54) is 38.2 Å². The van der Waals surface area contributed by atoms with E-state index in [0.717, 1.165) is 83.9 Å². The molecule has 0 aliphatic carbocycles. The molecule has 0 saturated carbocycles. The molecule has 0 saturated heterocycles. The van der Waals surface area contributed by atoms with Gasteiger partial charge in [0, 0.05) is 39.0 Å². The van der Waals surface area contributed by atoms with Crippen molar-refractivity contribution in [2.24, 2.45) is 0 Å². The summed E-state index contributed by atoms with van der Waals surface area (Å²) in [4.78, 5) is 4.79. The van der Waals surface area contributed by atoms with Gasteiger partial charge < -0.3 is 14.2 Å². The lowest BCUT2D eigenvalue weighted by molar-refractivity contribution is 0.669. The Labute approximate surface area is 413 Å². The van der Waals surface area contributed by atoms with Gasteiger partial charge >= 0.3 is 0 Å². The van der Waals surface area contributed by atoms with E-state index >= 15 is 0 Å². The van der Waals surface area contributed by atoms with E-state index in [-0.39, 0.29) is 0 Å². The summed E-state index contributed by atoms with van der Waals surface area (Å²) >= 11 is 0. The van der Waals surface area contributed by atoms with E-state index < -0.39 is 0 Å². The molecule has 3 nitrogen and oxygen atoms in total. The molecule has 0 spiro atoms. The summed E-state index contributed by atoms with van der Waals surface area (Å²) in [6, 6.07) is 100. The van der Waals surface area contributed by atoms with Crippen LogP contribution in [0.2, 0.25) is 0 Å². The molecule has 0 fully saturated rings. The quantitative estimate of drug-likeness (QED) is 0.136. The number of para-hydroxylation sites is 4. The Morgan fingerprint density at radius 2 is 0.732 bits per heavy atom. The van der Waals surface area contributed by atoms with E-state index in [0.29, 0.717) is 0 Å². The molecule has 1 aromatic heterocycles. The van der Waals surface area contributed by atoms with Crippen molar-refractivity contribution in [3.05, 3.63) is 279 Å². The van der Waals surface area contributed by atoms with Crippen LogP contribution in [-0.4, -0.2) is 0 Å². The molecule has 13 rings (SSSR count). The van der Waals surface area contributed by atoms with Crippen LogP contribution < -0.4 is 9.80 Å². The van der Waals surface area contributed by atoms with Gasteiger partial charge in [-0.2, -0.15) is 0 Å². The first-order chi connectivity index (χ1) is 35.2. The second kappa shape index (κ2) is 17.9. The van der Waals surface area contributed by atoms with Crippen LogP contribution in [-0.2, 0) is 0 Å². The molecular formula is C68H46N2O. The number of benzene rings is 12. The Hall–Kier alpha value is -9.44. The number of rotatable bonds is 10. The lowest BCUT2D eigenvalue weighted by Gasteiger charge is -2.31. The molecule has 334 valence electrons. The molecule has 0 unspecified atom stereocenters. The van der Waals surface area contributed by atoms with Crippen molar-refractivity contribution in [1.82, 2.24) is 0 Å². The van der Waals surface area contributed by atoms with Crippen LogP contribution in [0.4, 0.5) is 34.1 Å². The maximum atomic E-state index is 6.82. The highest BCUT2D eigenvalue weighted by Crippen LogP contribution is 2.49. The molecule has 71 heavy (non-hydrogen) atoms. The second-order valence-corrected chi connectivity index (χ2v) is 18.1. The number of fused-ring (bicyclic) bond motifs is 5. The van der Waals surface area contributed by atoms with Gasteiger partial charge in [0.05, 0.1) is 17.1 Å². The third-order valence-electron chi connectivity index (χ3n) is 13.9. The van der Waals surface area contributed by atoms with Gasteiger partial charge in [-0.1, -0.05) is 212 Å². The van der Waals surface area contributed by atoms with E-state index in [1.807, 2.05) is 6.07 Å². The standard InChI is InChI=1S/C68H46N2O/c1-2-17-47(18-3-1)53-23-14-24-57(46-53)70(66-33-16-30-63-62-28-10-13-34-67(62)71-68(63)66)65-32-12-9-27-61(65)60-26-8-11-31-64(60)69(55-41-37-49(38-42-55)54-36-35-48-19-4-5-21-52(48)45-54)56-43-39-51(40-44-56)59-29-15-22-50-20-6-7-25-58(50)59/h1-46H. The monoisotopic (exact) mass is 906 g/mol. The minimum absolute atomic E-state index is 0.835. The van der Waals surface area contributed by atoms with Crippen molar-refractivity contribution in [3.63, 3.8) is 0 Å². The minimum atomic E-state index is 0.835. The van der Waals surface area contributed by atoms with Crippen LogP contribution in [0.1, 0.15) is 0 Å². The van der Waals surface area contributed by atoms with Crippen LogP contribution in [0.3, 0.4) is 0 Å². The van der Waals surface area contributed by atoms with Gasteiger partial charge in [0.15, 0.2) is 5.58 Å². The molecule has 0 N–H and O–H groups in total. The summed E-state index contributed by atoms with van der Waals surface area (Å²) in [5.41, 5.74) is 17.0. The number of anilines is 6. The SMILES string of the molecule is c1ccc(-c2cccc(N(c3ccccc3-c3ccccc3N(c3ccc(-c4ccc5ccccc5c4)cc3)c3ccc(-c4cccc5ccccc45)cc3)c3cccc4c3oc3ccccc34)c2)cc1. The molecule has 0 aliphatic rings. The average Bonchev–Trinajstić information content (AvgIpc) is 3.84. The fourth-order valence-corrected chi connectivity index (χ4v) is 10.4. The molecule has 0 bridgehead atoms. The summed E-state index contributed by atoms with van der Waals surface area (Å²) in [6.07, 6.45) is 0. The summed E-state index contributed by atoms with van der Waals surface area (Å²) in [6.45, 7) is 0. The fraction of sp³-hybridized carbons (Fsp3) is 0. The number of hydrogen-bond acceptors (Lipinski definition) is 3. The third-order valence-corrected chi connectivity index (χ3v) is 13.9. The number of hydrogen-bond donors (Lipinski definition) is 0. The molecule has 0 amide bonds. The van der Waals surface area contributed by atoms with Gasteiger partial charge in [0.2, 0.25) is 0 Å². The van der Waals surface area contributed by atoms with Crippen LogP contribution in [0.15, 0.2) is 283 Å². The minimum Gasteiger partial charge on any atom is -0.454 e. The zero-order valence-corrected chi connectivity index (χ0v) is 38.9. The van der Waals surface area contributed by atoms with Crippen molar-refractivity contribution < 1.29 is 4.42 Å². The normalized spacial score (nSPS) is 11.4. The maximum Gasteiger partial charge on any atom is 0.159 e. The van der Waals surface area contributed by atoms with Gasteiger partial charge in [-0.15, -0.1) is 0 Å². The Bertz CT molecular complexity index is 4050. The first kappa shape index (κ1) is 41.7. The number of furan rings is 1. The first-order valence-electron chi connectivity index (χ1n) is 24.2. The zero-order chi connectivity index (χ0) is 47.1. The lowest BCUT2D eigenvalue weighted by atomic mass is 9.96. The smallest absolute Gasteiger partial charge is 0.159 e. The summed E-state index contributed by atoms with van der Waals surface area (Å²) in [5.74, 6) is 0. The molecule has 0 atom stereocenters. The Morgan fingerprint density at radius 3 is 1.51 bits per heavy atom. The number of nitrogens with zero attached hydrogens (tertiary/aromatic N) is 2. The summed E-state index contributed by atoms with van der Waals surface area (Å²) < 4.78 is 6.82. The van der Waals surface area contributed by atoms with Gasteiger partial charge in [-0.3, -0.25) is 0 Å². The topological polar surface area (TPSA) is 19.6 Å². The molecule has 12 aromatic carbocycles. The molecule has 3 heteroatoms. The van der Waals surface area contributed by atoms with Gasteiger partial charge in [0.1, 0.15) is 5.58 Å². The van der Waals surface area contributed by atoms with E-state index in [1.54, 1.807) is 0 Å². The second-order valence-electron chi connectivity index (χ2n) is 18.1. The maximum absolute atomic E-state index is 6.82. The lowest BCUT2D eigenvalue weighted by Crippen LogP contribution is -2.14. The summed E-state index contributed by atoms with van der Waals surface area (Å²) in [5, 5.41) is 7.10. The zero-order valence-electron chi connectivity index (χ0n) is 38.9. The van der Waals surface area contributed by atoms with Gasteiger partial charge in [-0.25, -0.2) is 0 Å². The van der Waals surface area contributed by atoms with E-state index in [2.05, 4.69) is 283 Å². The molecule has 0 aliphatic heterocycles.